The summed E-state index contributed by atoms with van der Waals surface area (Å²) >= 11 is 0. The highest BCUT2D eigenvalue weighted by Crippen LogP contribution is 1.99. The van der Waals surface area contributed by atoms with Gasteiger partial charge in [0.15, 0.2) is 0 Å². The number of carboxylic acids is 1. The van der Waals surface area contributed by atoms with Crippen LogP contribution in [-0.2, 0) is 25.1 Å². The molecule has 2 unspecified atom stereocenters. The molecule has 2 atom stereocenters. The van der Waals surface area contributed by atoms with Crippen LogP contribution in [0, 0.1) is 5.92 Å². The lowest BCUT2D eigenvalue weighted by molar-refractivity contribution is -0.141. The van der Waals surface area contributed by atoms with Crippen molar-refractivity contribution in [1.82, 2.24) is 0 Å². The van der Waals surface area contributed by atoms with Crippen molar-refractivity contribution in [3.8, 4) is 0 Å². The van der Waals surface area contributed by atoms with Gasteiger partial charge in [-0.25, -0.2) is 0 Å². The lowest BCUT2D eigenvalue weighted by Crippen LogP contribution is -2.28. The van der Waals surface area contributed by atoms with Crippen LogP contribution in [0.2, 0.25) is 0 Å². The Balaban J connectivity index is 3.97. The minimum absolute atomic E-state index is 0.208. The molecule has 15 heavy (non-hydrogen) atoms. The fourth-order valence-corrected chi connectivity index (χ4v) is 1.45. The lowest BCUT2D eigenvalue weighted by atomic mass is 10.2. The van der Waals surface area contributed by atoms with E-state index in [1.165, 1.54) is 6.92 Å². The van der Waals surface area contributed by atoms with E-state index in [0.717, 1.165) is 0 Å². The van der Waals surface area contributed by atoms with Crippen LogP contribution in [0.5, 0.6) is 0 Å². The number of esters is 1. The van der Waals surface area contributed by atoms with Gasteiger partial charge in [0.25, 0.3) is 0 Å². The van der Waals surface area contributed by atoms with E-state index in [1.54, 1.807) is 0 Å². The summed E-state index contributed by atoms with van der Waals surface area (Å²) in [5.74, 6) is -1.94. The van der Waals surface area contributed by atoms with Crippen molar-refractivity contribution in [2.75, 3.05) is 12.4 Å². The zero-order valence-electron chi connectivity index (χ0n) is 9.06. The Hall–Kier alpha value is -0.910. The van der Waals surface area contributed by atoms with Gasteiger partial charge < -0.3 is 9.84 Å². The summed E-state index contributed by atoms with van der Waals surface area (Å²) in [5.41, 5.74) is 0. The lowest BCUT2D eigenvalue weighted by Gasteiger charge is -2.08. The van der Waals surface area contributed by atoms with Crippen LogP contribution in [-0.4, -0.2) is 38.9 Å². The van der Waals surface area contributed by atoms with Crippen molar-refractivity contribution in [1.29, 1.82) is 0 Å². The van der Waals surface area contributed by atoms with Gasteiger partial charge in [-0.2, -0.15) is 0 Å². The summed E-state index contributed by atoms with van der Waals surface area (Å²) in [6, 6.07) is 0. The largest absolute Gasteiger partial charge is 0.480 e. The number of ether oxygens (including phenoxy) is 1. The molecule has 0 aromatic rings. The molecule has 0 saturated heterocycles. The Morgan fingerprint density at radius 1 is 1.33 bits per heavy atom. The molecule has 1 N–H and O–H groups in total. The molecule has 0 rings (SSSR count). The molecule has 0 aliphatic carbocycles. The van der Waals surface area contributed by atoms with Crippen LogP contribution in [0.1, 0.15) is 20.8 Å². The Bertz CT molecular complexity index is 261. The molecule has 0 radical (unpaired) electrons. The molecular weight excluding hydrogens is 220 g/mol. The van der Waals surface area contributed by atoms with Crippen LogP contribution in [0.4, 0.5) is 0 Å². The highest BCUT2D eigenvalue weighted by atomic mass is 32.2. The quantitative estimate of drug-likeness (QED) is 0.675. The van der Waals surface area contributed by atoms with Gasteiger partial charge in [0.1, 0.15) is 11.0 Å². The predicted molar refractivity (Wildman–Crippen MR) is 55.9 cm³/mol. The number of aliphatic carboxylic acids is 1. The zero-order valence-corrected chi connectivity index (χ0v) is 9.87. The molecule has 5 nitrogen and oxygen atoms in total. The second-order valence-corrected chi connectivity index (χ2v) is 5.34. The average Bonchev–Trinajstić information content (AvgIpc) is 2.13. The molecule has 0 aromatic heterocycles. The van der Waals surface area contributed by atoms with Crippen molar-refractivity contribution in [2.24, 2.45) is 5.92 Å². The second kappa shape index (κ2) is 6.55. The summed E-state index contributed by atoms with van der Waals surface area (Å²) < 4.78 is 16.0. The van der Waals surface area contributed by atoms with Crippen molar-refractivity contribution < 1.29 is 23.6 Å². The molecule has 0 amide bonds. The summed E-state index contributed by atoms with van der Waals surface area (Å²) in [4.78, 5) is 21.5. The minimum Gasteiger partial charge on any atom is -0.480 e. The van der Waals surface area contributed by atoms with E-state index >= 15 is 0 Å². The topological polar surface area (TPSA) is 80.7 Å². The van der Waals surface area contributed by atoms with Gasteiger partial charge >= 0.3 is 11.9 Å². The Morgan fingerprint density at radius 3 is 2.27 bits per heavy atom. The first-order valence-electron chi connectivity index (χ1n) is 4.60. The van der Waals surface area contributed by atoms with Crippen LogP contribution in [0.15, 0.2) is 0 Å². The first kappa shape index (κ1) is 14.1. The Labute approximate surface area is 91.3 Å². The number of carbonyl (C=O) groups excluding carboxylic acids is 1. The summed E-state index contributed by atoms with van der Waals surface area (Å²) in [7, 11) is -1.71. The van der Waals surface area contributed by atoms with Gasteiger partial charge in [-0.15, -0.1) is 0 Å². The Kier molecular flexibility index (Phi) is 6.15. The Morgan fingerprint density at radius 2 is 1.87 bits per heavy atom. The molecule has 0 aliphatic heterocycles. The highest BCUT2D eigenvalue weighted by Gasteiger charge is 2.21. The van der Waals surface area contributed by atoms with E-state index in [9.17, 15) is 13.8 Å². The monoisotopic (exact) mass is 236 g/mol. The van der Waals surface area contributed by atoms with Crippen LogP contribution in [0.3, 0.4) is 0 Å². The standard InChI is InChI=1S/C9H16O5S/c1-6(2)4-14-8(10)5-15(13)7(3)9(11)12/h6-7H,4-5H2,1-3H3,(H,11,12). The molecule has 0 fully saturated rings. The molecule has 0 bridgehead atoms. The van der Waals surface area contributed by atoms with Crippen molar-refractivity contribution in [2.45, 2.75) is 26.0 Å². The number of hydrogen-bond acceptors (Lipinski definition) is 4. The molecular formula is C9H16O5S. The number of hydrogen-bond donors (Lipinski definition) is 1. The summed E-state index contributed by atoms with van der Waals surface area (Å²) in [6.45, 7) is 5.32. The third-order valence-electron chi connectivity index (χ3n) is 1.58. The van der Waals surface area contributed by atoms with Gasteiger partial charge in [-0.1, -0.05) is 13.8 Å². The normalized spacial score (nSPS) is 14.7. The van der Waals surface area contributed by atoms with Gasteiger partial charge in [-0.3, -0.25) is 13.8 Å². The van der Waals surface area contributed by atoms with E-state index < -0.39 is 28.0 Å². The molecule has 0 aromatic carbocycles. The van der Waals surface area contributed by atoms with Crippen LogP contribution in [0.25, 0.3) is 0 Å². The SMILES string of the molecule is CC(C)COC(=O)CS(=O)C(C)C(=O)O. The van der Waals surface area contributed by atoms with Gasteiger partial charge in [-0.05, 0) is 12.8 Å². The van der Waals surface area contributed by atoms with Crippen LogP contribution >= 0.6 is 0 Å². The highest BCUT2D eigenvalue weighted by molar-refractivity contribution is 7.87. The molecule has 0 heterocycles. The smallest absolute Gasteiger partial charge is 0.318 e. The van der Waals surface area contributed by atoms with E-state index in [0.29, 0.717) is 0 Å². The van der Waals surface area contributed by atoms with Gasteiger partial charge in [0, 0.05) is 10.8 Å². The van der Waals surface area contributed by atoms with E-state index in [2.05, 4.69) is 0 Å². The van der Waals surface area contributed by atoms with Gasteiger partial charge in [0.2, 0.25) is 0 Å². The molecule has 0 saturated carbocycles. The average molecular weight is 236 g/mol. The van der Waals surface area contributed by atoms with Crippen molar-refractivity contribution >= 4 is 22.7 Å². The minimum atomic E-state index is -1.71. The summed E-state index contributed by atoms with van der Waals surface area (Å²) in [5, 5.41) is 7.49. The summed E-state index contributed by atoms with van der Waals surface area (Å²) in [6.07, 6.45) is 0. The number of rotatable bonds is 6. The third kappa shape index (κ3) is 6.22. The maximum atomic E-state index is 11.3. The number of carboxylic acid groups (broad SMARTS) is 1. The maximum Gasteiger partial charge on any atom is 0.318 e. The molecule has 88 valence electrons. The van der Waals surface area contributed by atoms with E-state index in [-0.39, 0.29) is 18.3 Å². The maximum absolute atomic E-state index is 11.3. The van der Waals surface area contributed by atoms with Gasteiger partial charge in [0.05, 0.1) is 6.61 Å². The zero-order chi connectivity index (χ0) is 12.0. The van der Waals surface area contributed by atoms with Crippen LogP contribution < -0.4 is 0 Å². The molecule has 0 aliphatic rings. The first-order valence-corrected chi connectivity index (χ1v) is 5.98. The second-order valence-electron chi connectivity index (χ2n) is 3.58. The molecule has 6 heteroatoms. The van der Waals surface area contributed by atoms with Crippen molar-refractivity contribution in [3.05, 3.63) is 0 Å². The number of carbonyl (C=O) groups is 2. The predicted octanol–water partition coefficient (Wildman–Crippen LogP) is 0.407. The van der Waals surface area contributed by atoms with E-state index in [1.807, 2.05) is 13.8 Å². The third-order valence-corrected chi connectivity index (χ3v) is 3.09. The first-order chi connectivity index (χ1) is 6.84. The fourth-order valence-electron chi connectivity index (χ4n) is 0.655. The molecule has 0 spiro atoms. The fraction of sp³-hybridized carbons (Fsp3) is 0.778. The van der Waals surface area contributed by atoms with Crippen molar-refractivity contribution in [3.63, 3.8) is 0 Å². The van der Waals surface area contributed by atoms with E-state index in [4.69, 9.17) is 9.84 Å².